The zero-order chi connectivity index (χ0) is 14.1. The van der Waals surface area contributed by atoms with E-state index >= 15 is 0 Å². The lowest BCUT2D eigenvalue weighted by Gasteiger charge is -2.38. The number of fused-ring (bicyclic) bond motifs is 1. The van der Waals surface area contributed by atoms with Crippen molar-refractivity contribution in [2.24, 2.45) is 5.92 Å². The molecule has 5 heteroatoms. The topological polar surface area (TPSA) is 61.0 Å². The molecule has 3 unspecified atom stereocenters. The van der Waals surface area contributed by atoms with E-state index in [9.17, 15) is 4.79 Å². The monoisotopic (exact) mass is 276 g/mol. The van der Waals surface area contributed by atoms with Crippen LogP contribution in [0, 0.1) is 5.92 Å². The number of rotatable bonds is 2. The number of hydrogen-bond donors (Lipinski definition) is 2. The standard InChI is InChI=1S/C15H24N4O/c1-10-5-3-4-6-14(10)19(2)15(20)12-7-11-13(8-16-12)18-9-17-11/h9-10,12,14,16H,3-8H2,1-2H3,(H,17,18). The van der Waals surface area contributed by atoms with Gasteiger partial charge in [-0.2, -0.15) is 0 Å². The van der Waals surface area contributed by atoms with Gasteiger partial charge in [-0.25, -0.2) is 4.98 Å². The Morgan fingerprint density at radius 2 is 2.20 bits per heavy atom. The number of likely N-dealkylation sites (N-methyl/N-ethyl adjacent to an activating group) is 1. The Hall–Kier alpha value is -1.36. The van der Waals surface area contributed by atoms with E-state index in [1.54, 1.807) is 6.33 Å². The quantitative estimate of drug-likeness (QED) is 0.859. The Morgan fingerprint density at radius 3 is 3.00 bits per heavy atom. The van der Waals surface area contributed by atoms with Gasteiger partial charge in [-0.05, 0) is 18.8 Å². The van der Waals surface area contributed by atoms with Crippen LogP contribution in [-0.2, 0) is 17.8 Å². The Balaban J connectivity index is 1.67. The summed E-state index contributed by atoms with van der Waals surface area (Å²) in [7, 11) is 1.97. The summed E-state index contributed by atoms with van der Waals surface area (Å²) < 4.78 is 0. The van der Waals surface area contributed by atoms with Gasteiger partial charge in [0, 0.05) is 26.1 Å². The molecule has 1 amide bonds. The first-order valence-electron chi connectivity index (χ1n) is 7.68. The molecule has 3 rings (SSSR count). The number of hydrogen-bond acceptors (Lipinski definition) is 3. The van der Waals surface area contributed by atoms with Crippen LogP contribution in [-0.4, -0.2) is 39.9 Å². The minimum Gasteiger partial charge on any atom is -0.347 e. The third-order valence-electron chi connectivity index (χ3n) is 4.94. The second-order valence-electron chi connectivity index (χ2n) is 6.24. The van der Waals surface area contributed by atoms with Crippen molar-refractivity contribution in [1.82, 2.24) is 20.2 Å². The molecule has 2 aliphatic rings. The number of nitrogens with one attached hydrogen (secondary N) is 2. The summed E-state index contributed by atoms with van der Waals surface area (Å²) in [4.78, 5) is 22.1. The molecule has 0 radical (unpaired) electrons. The Morgan fingerprint density at radius 1 is 1.40 bits per heavy atom. The molecule has 1 aromatic rings. The summed E-state index contributed by atoms with van der Waals surface area (Å²) in [6.07, 6.45) is 7.34. The molecule has 1 fully saturated rings. The number of carbonyl (C=O) groups excluding carboxylic acids is 1. The van der Waals surface area contributed by atoms with Crippen LogP contribution in [0.2, 0.25) is 0 Å². The minimum atomic E-state index is -0.120. The van der Waals surface area contributed by atoms with Crippen LogP contribution < -0.4 is 5.32 Å². The summed E-state index contributed by atoms with van der Waals surface area (Å²) in [5.41, 5.74) is 2.15. The number of imidazole rings is 1. The van der Waals surface area contributed by atoms with Crippen molar-refractivity contribution in [2.45, 2.75) is 57.7 Å². The molecular weight excluding hydrogens is 252 g/mol. The van der Waals surface area contributed by atoms with E-state index in [0.717, 1.165) is 17.8 Å². The molecule has 1 saturated carbocycles. The van der Waals surface area contributed by atoms with E-state index in [2.05, 4.69) is 22.2 Å². The number of amides is 1. The predicted octanol–water partition coefficient (Wildman–Crippen LogP) is 1.46. The van der Waals surface area contributed by atoms with Crippen molar-refractivity contribution in [3.63, 3.8) is 0 Å². The molecule has 1 aliphatic carbocycles. The average Bonchev–Trinajstić information content (AvgIpc) is 2.93. The first kappa shape index (κ1) is 13.6. The third kappa shape index (κ3) is 2.46. The van der Waals surface area contributed by atoms with Crippen LogP contribution in [0.5, 0.6) is 0 Å². The highest BCUT2D eigenvalue weighted by Gasteiger charge is 2.33. The van der Waals surface area contributed by atoms with E-state index < -0.39 is 0 Å². The normalized spacial score (nSPS) is 29.8. The number of aromatic nitrogens is 2. The predicted molar refractivity (Wildman–Crippen MR) is 77.1 cm³/mol. The molecule has 5 nitrogen and oxygen atoms in total. The number of nitrogens with zero attached hydrogens (tertiary/aromatic N) is 2. The molecule has 0 spiro atoms. The van der Waals surface area contributed by atoms with Crippen molar-refractivity contribution < 1.29 is 4.79 Å². The maximum atomic E-state index is 12.7. The van der Waals surface area contributed by atoms with Gasteiger partial charge in [0.15, 0.2) is 0 Å². The van der Waals surface area contributed by atoms with Crippen LogP contribution in [0.15, 0.2) is 6.33 Å². The van der Waals surface area contributed by atoms with Crippen LogP contribution in [0.25, 0.3) is 0 Å². The molecule has 1 aromatic heterocycles. The van der Waals surface area contributed by atoms with E-state index in [1.807, 2.05) is 11.9 Å². The lowest BCUT2D eigenvalue weighted by molar-refractivity contribution is -0.136. The summed E-state index contributed by atoms with van der Waals surface area (Å²) >= 11 is 0. The molecule has 0 bridgehead atoms. The van der Waals surface area contributed by atoms with Gasteiger partial charge in [-0.3, -0.25) is 10.1 Å². The van der Waals surface area contributed by atoms with Crippen molar-refractivity contribution in [2.75, 3.05) is 7.05 Å². The third-order valence-corrected chi connectivity index (χ3v) is 4.94. The van der Waals surface area contributed by atoms with Gasteiger partial charge in [-0.15, -0.1) is 0 Å². The molecule has 110 valence electrons. The maximum absolute atomic E-state index is 12.7. The van der Waals surface area contributed by atoms with Crippen molar-refractivity contribution in [3.05, 3.63) is 17.7 Å². The molecule has 0 saturated heterocycles. The molecule has 20 heavy (non-hydrogen) atoms. The van der Waals surface area contributed by atoms with Gasteiger partial charge in [0.1, 0.15) is 0 Å². The molecule has 2 N–H and O–H groups in total. The SMILES string of the molecule is CC1CCCCC1N(C)C(=O)C1Cc2nc[nH]c2CN1. The highest BCUT2D eigenvalue weighted by atomic mass is 16.2. The molecule has 2 heterocycles. The van der Waals surface area contributed by atoms with Gasteiger partial charge >= 0.3 is 0 Å². The van der Waals surface area contributed by atoms with Crippen molar-refractivity contribution >= 4 is 5.91 Å². The lowest BCUT2D eigenvalue weighted by Crippen LogP contribution is -2.53. The van der Waals surface area contributed by atoms with Gasteiger partial charge < -0.3 is 9.88 Å². The molecular formula is C15H24N4O. The van der Waals surface area contributed by atoms with Crippen LogP contribution in [0.3, 0.4) is 0 Å². The molecule has 0 aromatic carbocycles. The molecule has 1 aliphatic heterocycles. The number of H-pyrrole nitrogens is 1. The summed E-state index contributed by atoms with van der Waals surface area (Å²) in [6.45, 7) is 2.98. The number of aromatic amines is 1. The smallest absolute Gasteiger partial charge is 0.240 e. The summed E-state index contributed by atoms with van der Waals surface area (Å²) in [5, 5.41) is 3.33. The first-order chi connectivity index (χ1) is 9.66. The maximum Gasteiger partial charge on any atom is 0.240 e. The largest absolute Gasteiger partial charge is 0.347 e. The van der Waals surface area contributed by atoms with Gasteiger partial charge in [0.2, 0.25) is 5.91 Å². The minimum absolute atomic E-state index is 0.120. The van der Waals surface area contributed by atoms with E-state index in [0.29, 0.717) is 24.9 Å². The van der Waals surface area contributed by atoms with E-state index in [4.69, 9.17) is 0 Å². The van der Waals surface area contributed by atoms with Gasteiger partial charge in [0.25, 0.3) is 0 Å². The van der Waals surface area contributed by atoms with Crippen LogP contribution in [0.1, 0.15) is 44.0 Å². The van der Waals surface area contributed by atoms with Gasteiger partial charge in [-0.1, -0.05) is 19.8 Å². The fourth-order valence-electron chi connectivity index (χ4n) is 3.63. The van der Waals surface area contributed by atoms with Gasteiger partial charge in [0.05, 0.1) is 23.8 Å². The average molecular weight is 276 g/mol. The zero-order valence-electron chi connectivity index (χ0n) is 12.4. The lowest BCUT2D eigenvalue weighted by atomic mass is 9.84. The fraction of sp³-hybridized carbons (Fsp3) is 0.733. The molecule has 3 atom stereocenters. The second-order valence-corrected chi connectivity index (χ2v) is 6.24. The first-order valence-corrected chi connectivity index (χ1v) is 7.68. The zero-order valence-corrected chi connectivity index (χ0v) is 12.4. The fourth-order valence-corrected chi connectivity index (χ4v) is 3.63. The van der Waals surface area contributed by atoms with E-state index in [-0.39, 0.29) is 11.9 Å². The van der Waals surface area contributed by atoms with E-state index in [1.165, 1.54) is 19.3 Å². The summed E-state index contributed by atoms with van der Waals surface area (Å²) in [5.74, 6) is 0.833. The summed E-state index contributed by atoms with van der Waals surface area (Å²) in [6, 6.07) is 0.281. The van der Waals surface area contributed by atoms with Crippen molar-refractivity contribution in [3.8, 4) is 0 Å². The second kappa shape index (κ2) is 5.56. The highest BCUT2D eigenvalue weighted by Crippen LogP contribution is 2.28. The Labute approximate surface area is 120 Å². The van der Waals surface area contributed by atoms with Crippen LogP contribution in [0.4, 0.5) is 0 Å². The highest BCUT2D eigenvalue weighted by molar-refractivity contribution is 5.82. The Bertz CT molecular complexity index is 484. The number of carbonyl (C=O) groups is 1. The Kier molecular flexibility index (Phi) is 3.78. The van der Waals surface area contributed by atoms with Crippen LogP contribution >= 0.6 is 0 Å². The van der Waals surface area contributed by atoms with Crippen molar-refractivity contribution in [1.29, 1.82) is 0 Å².